The van der Waals surface area contributed by atoms with E-state index in [-0.39, 0.29) is 0 Å². The number of hydrogen-bond donors (Lipinski definition) is 0. The van der Waals surface area contributed by atoms with Crippen molar-refractivity contribution in [1.29, 1.82) is 0 Å². The predicted molar refractivity (Wildman–Crippen MR) is 199 cm³/mol. The predicted octanol–water partition coefficient (Wildman–Crippen LogP) is 11.5. The van der Waals surface area contributed by atoms with E-state index in [1.54, 1.807) is 0 Å². The molecule has 0 N–H and O–H groups in total. The van der Waals surface area contributed by atoms with Crippen LogP contribution in [0.3, 0.4) is 0 Å². The molecule has 0 fully saturated rings. The van der Waals surface area contributed by atoms with Crippen LogP contribution in [0.5, 0.6) is 0 Å². The van der Waals surface area contributed by atoms with Gasteiger partial charge < -0.3 is 0 Å². The summed E-state index contributed by atoms with van der Waals surface area (Å²) >= 11 is 0. The lowest BCUT2D eigenvalue weighted by atomic mass is 9.89. The fourth-order valence-electron chi connectivity index (χ4n) is 6.55. The number of aromatic nitrogens is 3. The first kappa shape index (κ1) is 28.3. The van der Waals surface area contributed by atoms with Gasteiger partial charge in [-0.2, -0.15) is 0 Å². The van der Waals surface area contributed by atoms with E-state index < -0.39 is 0 Å². The van der Waals surface area contributed by atoms with E-state index in [9.17, 15) is 0 Å². The van der Waals surface area contributed by atoms with Gasteiger partial charge in [0, 0.05) is 16.7 Å². The van der Waals surface area contributed by atoms with Crippen molar-refractivity contribution in [1.82, 2.24) is 15.0 Å². The van der Waals surface area contributed by atoms with Crippen LogP contribution in [0.2, 0.25) is 0 Å². The van der Waals surface area contributed by atoms with Crippen LogP contribution >= 0.6 is 0 Å². The van der Waals surface area contributed by atoms with Crippen molar-refractivity contribution >= 4 is 50.0 Å². The van der Waals surface area contributed by atoms with Gasteiger partial charge >= 0.3 is 0 Å². The van der Waals surface area contributed by atoms with Gasteiger partial charge in [0.25, 0.3) is 0 Å². The molecule has 0 amide bonds. The molecule has 0 saturated carbocycles. The lowest BCUT2D eigenvalue weighted by molar-refractivity contribution is 1.07. The van der Waals surface area contributed by atoms with Crippen LogP contribution in [0.15, 0.2) is 152 Å². The average molecular weight is 602 g/mol. The molecule has 0 atom stereocenters. The van der Waals surface area contributed by atoms with E-state index in [1.165, 1.54) is 21.5 Å². The highest BCUT2D eigenvalue weighted by Gasteiger charge is 2.18. The normalized spacial score (nSPS) is 11.7. The summed E-state index contributed by atoms with van der Waals surface area (Å²) in [4.78, 5) is 15.2. The zero-order chi connectivity index (χ0) is 31.7. The highest BCUT2D eigenvalue weighted by molar-refractivity contribution is 6.16. The van der Waals surface area contributed by atoms with E-state index in [2.05, 4.69) is 105 Å². The third-order valence-corrected chi connectivity index (χ3v) is 8.83. The Morgan fingerprint density at radius 1 is 0.489 bits per heavy atom. The summed E-state index contributed by atoms with van der Waals surface area (Å²) in [5, 5.41) is 7.13. The zero-order valence-electron chi connectivity index (χ0n) is 26.1. The molecular formula is C44H31N3. The average Bonchev–Trinajstić information content (AvgIpc) is 3.15. The molecule has 0 aliphatic carbocycles. The van der Waals surface area contributed by atoms with Crippen molar-refractivity contribution in [2.24, 2.45) is 0 Å². The van der Waals surface area contributed by atoms with Crippen molar-refractivity contribution in [3.8, 4) is 34.2 Å². The Morgan fingerprint density at radius 3 is 1.49 bits per heavy atom. The van der Waals surface area contributed by atoms with Gasteiger partial charge in [-0.1, -0.05) is 152 Å². The smallest absolute Gasteiger partial charge is 0.164 e. The molecule has 0 unspecified atom stereocenters. The van der Waals surface area contributed by atoms with Gasteiger partial charge in [-0.3, -0.25) is 0 Å². The second-order valence-electron chi connectivity index (χ2n) is 11.7. The molecule has 1 aromatic heterocycles. The quantitative estimate of drug-likeness (QED) is 0.141. The van der Waals surface area contributed by atoms with Gasteiger partial charge in [-0.15, -0.1) is 0 Å². The number of nitrogens with zero attached hydrogens (tertiary/aromatic N) is 3. The van der Waals surface area contributed by atoms with Crippen molar-refractivity contribution in [2.75, 3.05) is 0 Å². The van der Waals surface area contributed by atoms with Crippen LogP contribution in [-0.4, -0.2) is 15.0 Å². The Bertz CT molecular complexity index is 2420. The van der Waals surface area contributed by atoms with Crippen LogP contribution in [0.4, 0.5) is 0 Å². The summed E-state index contributed by atoms with van der Waals surface area (Å²) in [6.07, 6.45) is 4.29. The van der Waals surface area contributed by atoms with Crippen molar-refractivity contribution < 1.29 is 0 Å². The molecule has 0 bridgehead atoms. The van der Waals surface area contributed by atoms with Crippen LogP contribution in [0.25, 0.3) is 84.2 Å². The first-order valence-electron chi connectivity index (χ1n) is 15.8. The summed E-state index contributed by atoms with van der Waals surface area (Å²) < 4.78 is 0. The molecule has 222 valence electrons. The van der Waals surface area contributed by atoms with E-state index in [0.29, 0.717) is 17.5 Å². The van der Waals surface area contributed by atoms with E-state index in [1.807, 2.05) is 66.7 Å². The third kappa shape index (κ3) is 5.18. The number of benzene rings is 7. The molecule has 7 aromatic carbocycles. The summed E-state index contributed by atoms with van der Waals surface area (Å²) in [6.45, 7) is 6.44. The number of hydrogen-bond acceptors (Lipinski definition) is 3. The number of fused-ring (bicyclic) bond motifs is 4. The summed E-state index contributed by atoms with van der Waals surface area (Å²) in [7, 11) is 0. The Morgan fingerprint density at radius 2 is 0.936 bits per heavy atom. The Labute approximate surface area is 274 Å². The number of allylic oxidation sites excluding steroid dienone is 1. The SMILES string of the molecule is C=Cc1c(/C=C(\C)c2cc3ccccc3cc2-c2nc(-c3ccccc3)nc(-c3ccccc3)n2)c2ccccc2c2ccccc12. The molecule has 8 rings (SSSR count). The van der Waals surface area contributed by atoms with Crippen molar-refractivity contribution in [3.05, 3.63) is 169 Å². The fourth-order valence-corrected chi connectivity index (χ4v) is 6.55. The molecule has 0 aliphatic rings. The molecule has 1 heterocycles. The van der Waals surface area contributed by atoms with Crippen LogP contribution in [0, 0.1) is 0 Å². The molecular weight excluding hydrogens is 571 g/mol. The molecule has 3 nitrogen and oxygen atoms in total. The molecule has 0 saturated heterocycles. The second kappa shape index (κ2) is 12.0. The molecule has 0 radical (unpaired) electrons. The highest BCUT2D eigenvalue weighted by Crippen LogP contribution is 2.38. The van der Waals surface area contributed by atoms with Gasteiger partial charge in [0.2, 0.25) is 0 Å². The maximum absolute atomic E-state index is 5.12. The van der Waals surface area contributed by atoms with Gasteiger partial charge in [0.1, 0.15) is 0 Å². The van der Waals surface area contributed by atoms with Gasteiger partial charge in [0.05, 0.1) is 0 Å². The second-order valence-corrected chi connectivity index (χ2v) is 11.7. The monoisotopic (exact) mass is 601 g/mol. The number of rotatable bonds is 6. The van der Waals surface area contributed by atoms with Crippen molar-refractivity contribution in [3.63, 3.8) is 0 Å². The standard InChI is InChI=1S/C44H31N3/c1-3-34-35-22-12-13-23-36(35)37-24-14-15-25-38(37)40(34)26-29(2)39-27-32-20-10-11-21-33(32)28-41(39)44-46-42(30-16-6-4-7-17-30)45-43(47-44)31-18-8-5-9-19-31/h3-28H,1H2,2H3/b29-26+. The Kier molecular flexibility index (Phi) is 7.20. The zero-order valence-corrected chi connectivity index (χ0v) is 26.1. The van der Waals surface area contributed by atoms with Crippen LogP contribution in [0.1, 0.15) is 23.6 Å². The summed E-state index contributed by atoms with van der Waals surface area (Å²) in [5.41, 5.74) is 7.30. The maximum Gasteiger partial charge on any atom is 0.164 e. The van der Waals surface area contributed by atoms with E-state index >= 15 is 0 Å². The van der Waals surface area contributed by atoms with Crippen LogP contribution in [-0.2, 0) is 0 Å². The lowest BCUT2D eigenvalue weighted by Gasteiger charge is -2.16. The summed E-state index contributed by atoms with van der Waals surface area (Å²) in [6, 6.07) is 50.4. The largest absolute Gasteiger partial charge is 0.208 e. The molecule has 47 heavy (non-hydrogen) atoms. The minimum Gasteiger partial charge on any atom is -0.208 e. The fraction of sp³-hybridized carbons (Fsp3) is 0.0227. The van der Waals surface area contributed by atoms with Crippen LogP contribution < -0.4 is 0 Å². The first-order chi connectivity index (χ1) is 23.2. The highest BCUT2D eigenvalue weighted by atomic mass is 15.0. The molecule has 0 aliphatic heterocycles. The van der Waals surface area contributed by atoms with Gasteiger partial charge in [-0.25, -0.2) is 15.0 Å². The Hall–Kier alpha value is -6.19. The topological polar surface area (TPSA) is 38.7 Å². The van der Waals surface area contributed by atoms with E-state index in [4.69, 9.17) is 15.0 Å². The molecule has 8 aromatic rings. The lowest BCUT2D eigenvalue weighted by Crippen LogP contribution is -2.02. The minimum atomic E-state index is 0.638. The van der Waals surface area contributed by atoms with Gasteiger partial charge in [-0.05, 0) is 73.6 Å². The maximum atomic E-state index is 5.12. The third-order valence-electron chi connectivity index (χ3n) is 8.83. The van der Waals surface area contributed by atoms with E-state index in [0.717, 1.165) is 49.7 Å². The van der Waals surface area contributed by atoms with Crippen molar-refractivity contribution in [2.45, 2.75) is 6.92 Å². The minimum absolute atomic E-state index is 0.638. The molecule has 0 spiro atoms. The Balaban J connectivity index is 1.41. The first-order valence-corrected chi connectivity index (χ1v) is 15.8. The molecule has 3 heteroatoms. The van der Waals surface area contributed by atoms with Gasteiger partial charge in [0.15, 0.2) is 17.5 Å². The summed E-state index contributed by atoms with van der Waals surface area (Å²) in [5.74, 6) is 1.92.